The summed E-state index contributed by atoms with van der Waals surface area (Å²) in [5.74, 6) is 0.582. The summed E-state index contributed by atoms with van der Waals surface area (Å²) in [6.45, 7) is 0. The summed E-state index contributed by atoms with van der Waals surface area (Å²) in [6, 6.07) is 7.40. The SMILES string of the molecule is Cn1c(=O)c2c(nc(/C=C/c3cccc(Cl)c3)n2C)n(C)c1=O. The van der Waals surface area contributed by atoms with E-state index in [0.717, 1.165) is 10.1 Å². The first-order chi connectivity index (χ1) is 10.9. The van der Waals surface area contributed by atoms with E-state index in [9.17, 15) is 9.59 Å². The number of rotatable bonds is 2. The Hall–Kier alpha value is -2.60. The Morgan fingerprint density at radius 3 is 2.48 bits per heavy atom. The van der Waals surface area contributed by atoms with E-state index >= 15 is 0 Å². The van der Waals surface area contributed by atoms with Crippen molar-refractivity contribution in [1.29, 1.82) is 0 Å². The summed E-state index contributed by atoms with van der Waals surface area (Å²) < 4.78 is 4.13. The lowest BCUT2D eigenvalue weighted by Crippen LogP contribution is -2.37. The van der Waals surface area contributed by atoms with Crippen molar-refractivity contribution in [3.63, 3.8) is 0 Å². The van der Waals surface area contributed by atoms with Gasteiger partial charge in [-0.25, -0.2) is 9.78 Å². The van der Waals surface area contributed by atoms with Gasteiger partial charge in [0.25, 0.3) is 5.56 Å². The molecule has 0 saturated carbocycles. The zero-order chi connectivity index (χ0) is 16.7. The molecule has 0 amide bonds. The molecule has 0 saturated heterocycles. The Labute approximate surface area is 136 Å². The van der Waals surface area contributed by atoms with Gasteiger partial charge in [0, 0.05) is 26.2 Å². The molecule has 0 aliphatic rings. The highest BCUT2D eigenvalue weighted by Gasteiger charge is 2.15. The van der Waals surface area contributed by atoms with Crippen molar-refractivity contribution < 1.29 is 0 Å². The minimum atomic E-state index is -0.397. The number of nitrogens with zero attached hydrogens (tertiary/aromatic N) is 4. The van der Waals surface area contributed by atoms with E-state index in [4.69, 9.17) is 11.6 Å². The van der Waals surface area contributed by atoms with Gasteiger partial charge in [0.15, 0.2) is 11.2 Å². The van der Waals surface area contributed by atoms with Gasteiger partial charge in [-0.2, -0.15) is 0 Å². The molecule has 3 rings (SSSR count). The van der Waals surface area contributed by atoms with Crippen molar-refractivity contribution in [3.05, 3.63) is 61.5 Å². The summed E-state index contributed by atoms with van der Waals surface area (Å²) in [5.41, 5.74) is 0.921. The van der Waals surface area contributed by atoms with Crippen molar-refractivity contribution >= 4 is 34.9 Å². The van der Waals surface area contributed by atoms with Gasteiger partial charge in [-0.05, 0) is 23.8 Å². The van der Waals surface area contributed by atoms with E-state index in [1.54, 1.807) is 30.8 Å². The summed E-state index contributed by atoms with van der Waals surface area (Å²) in [6.07, 6.45) is 3.64. The van der Waals surface area contributed by atoms with Gasteiger partial charge in [-0.15, -0.1) is 0 Å². The van der Waals surface area contributed by atoms with Crippen LogP contribution in [-0.4, -0.2) is 18.7 Å². The quantitative estimate of drug-likeness (QED) is 0.719. The zero-order valence-corrected chi connectivity index (χ0v) is 13.7. The third kappa shape index (κ3) is 2.51. The third-order valence-electron chi connectivity index (χ3n) is 3.78. The number of aromatic nitrogens is 4. The maximum atomic E-state index is 12.3. The predicted molar refractivity (Wildman–Crippen MR) is 91.6 cm³/mol. The lowest BCUT2D eigenvalue weighted by molar-refractivity contribution is 0.705. The molecule has 0 spiro atoms. The highest BCUT2D eigenvalue weighted by atomic mass is 35.5. The van der Waals surface area contributed by atoms with Gasteiger partial charge in [0.1, 0.15) is 5.82 Å². The van der Waals surface area contributed by atoms with Crippen LogP contribution in [0.5, 0.6) is 0 Å². The molecule has 0 unspecified atom stereocenters. The first-order valence-electron chi connectivity index (χ1n) is 6.96. The Balaban J connectivity index is 2.19. The van der Waals surface area contributed by atoms with Gasteiger partial charge in [0.2, 0.25) is 0 Å². The van der Waals surface area contributed by atoms with Crippen LogP contribution in [0.25, 0.3) is 23.3 Å². The molecule has 118 valence electrons. The molecule has 3 aromatic rings. The molecule has 23 heavy (non-hydrogen) atoms. The second-order valence-electron chi connectivity index (χ2n) is 5.30. The summed E-state index contributed by atoms with van der Waals surface area (Å²) in [5, 5.41) is 0.647. The number of hydrogen-bond acceptors (Lipinski definition) is 3. The zero-order valence-electron chi connectivity index (χ0n) is 12.9. The molecule has 7 heteroatoms. The number of benzene rings is 1. The summed E-state index contributed by atoms with van der Waals surface area (Å²) >= 11 is 5.96. The summed E-state index contributed by atoms with van der Waals surface area (Å²) in [4.78, 5) is 28.7. The molecule has 1 aromatic carbocycles. The molecular formula is C16H15ClN4O2. The topological polar surface area (TPSA) is 61.8 Å². The van der Waals surface area contributed by atoms with Gasteiger partial charge in [-0.1, -0.05) is 29.8 Å². The first kappa shape index (κ1) is 15.3. The van der Waals surface area contributed by atoms with Crippen LogP contribution in [0.4, 0.5) is 0 Å². The monoisotopic (exact) mass is 330 g/mol. The molecule has 0 aliphatic heterocycles. The van der Waals surface area contributed by atoms with Crippen LogP contribution in [0, 0.1) is 0 Å². The fourth-order valence-electron chi connectivity index (χ4n) is 2.47. The van der Waals surface area contributed by atoms with Crippen LogP contribution in [0.2, 0.25) is 5.02 Å². The number of halogens is 1. The maximum absolute atomic E-state index is 12.3. The standard InChI is InChI=1S/C16H15ClN4O2/c1-19-12(8-7-10-5-4-6-11(17)9-10)18-14-13(19)15(22)21(3)16(23)20(14)2/h4-9H,1-3H3/b8-7+. The second kappa shape index (κ2) is 5.55. The Morgan fingerprint density at radius 2 is 1.78 bits per heavy atom. The van der Waals surface area contributed by atoms with E-state index < -0.39 is 5.69 Å². The minimum absolute atomic E-state index is 0.361. The summed E-state index contributed by atoms with van der Waals surface area (Å²) in [7, 11) is 4.80. The number of fused-ring (bicyclic) bond motifs is 1. The number of hydrogen-bond donors (Lipinski definition) is 0. The average molecular weight is 331 g/mol. The molecule has 2 heterocycles. The van der Waals surface area contributed by atoms with Gasteiger partial charge < -0.3 is 4.57 Å². The van der Waals surface area contributed by atoms with Crippen molar-refractivity contribution in [3.8, 4) is 0 Å². The fraction of sp³-hybridized carbons (Fsp3) is 0.188. The second-order valence-corrected chi connectivity index (χ2v) is 5.73. The first-order valence-corrected chi connectivity index (χ1v) is 7.34. The van der Waals surface area contributed by atoms with Gasteiger partial charge in [0.05, 0.1) is 0 Å². The minimum Gasteiger partial charge on any atom is -0.322 e. The van der Waals surface area contributed by atoms with E-state index in [-0.39, 0.29) is 5.56 Å². The molecule has 0 atom stereocenters. The molecule has 0 N–H and O–H groups in total. The van der Waals surface area contributed by atoms with Crippen LogP contribution >= 0.6 is 11.6 Å². The van der Waals surface area contributed by atoms with Crippen LogP contribution in [0.15, 0.2) is 33.9 Å². The van der Waals surface area contributed by atoms with Crippen molar-refractivity contribution in [2.75, 3.05) is 0 Å². The number of aryl methyl sites for hydroxylation is 2. The van der Waals surface area contributed by atoms with Gasteiger partial charge in [-0.3, -0.25) is 13.9 Å². The highest BCUT2D eigenvalue weighted by Crippen LogP contribution is 2.15. The van der Waals surface area contributed by atoms with E-state index in [2.05, 4.69) is 4.98 Å². The van der Waals surface area contributed by atoms with Crippen LogP contribution < -0.4 is 11.2 Å². The average Bonchev–Trinajstić information content (AvgIpc) is 2.86. The lowest BCUT2D eigenvalue weighted by Gasteiger charge is -2.03. The Kier molecular flexibility index (Phi) is 3.69. The molecule has 0 fully saturated rings. The molecular weight excluding hydrogens is 316 g/mol. The molecule has 0 radical (unpaired) electrons. The van der Waals surface area contributed by atoms with Gasteiger partial charge >= 0.3 is 5.69 Å². The Morgan fingerprint density at radius 1 is 1.04 bits per heavy atom. The normalized spacial score (nSPS) is 11.7. The Bertz CT molecular complexity index is 1060. The van der Waals surface area contributed by atoms with E-state index in [1.807, 2.05) is 24.3 Å². The smallest absolute Gasteiger partial charge is 0.322 e. The highest BCUT2D eigenvalue weighted by molar-refractivity contribution is 6.30. The maximum Gasteiger partial charge on any atom is 0.332 e. The molecule has 0 bridgehead atoms. The van der Waals surface area contributed by atoms with Crippen molar-refractivity contribution in [2.45, 2.75) is 0 Å². The lowest BCUT2D eigenvalue weighted by atomic mass is 10.2. The predicted octanol–water partition coefficient (Wildman–Crippen LogP) is 1.79. The fourth-order valence-corrected chi connectivity index (χ4v) is 2.66. The molecule has 6 nitrogen and oxygen atoms in total. The third-order valence-corrected chi connectivity index (χ3v) is 4.02. The largest absolute Gasteiger partial charge is 0.332 e. The van der Waals surface area contributed by atoms with Crippen molar-refractivity contribution in [1.82, 2.24) is 18.7 Å². The van der Waals surface area contributed by atoms with E-state index in [0.29, 0.717) is 22.0 Å². The van der Waals surface area contributed by atoms with Crippen molar-refractivity contribution in [2.24, 2.45) is 21.1 Å². The van der Waals surface area contributed by atoms with Crippen LogP contribution in [0.1, 0.15) is 11.4 Å². The van der Waals surface area contributed by atoms with E-state index in [1.165, 1.54) is 11.6 Å². The molecule has 2 aromatic heterocycles. The van der Waals surface area contributed by atoms with Crippen LogP contribution in [0.3, 0.4) is 0 Å². The number of imidazole rings is 1. The van der Waals surface area contributed by atoms with Crippen LogP contribution in [-0.2, 0) is 21.1 Å². The molecule has 0 aliphatic carbocycles.